The van der Waals surface area contributed by atoms with Gasteiger partial charge in [-0.25, -0.2) is 13.2 Å². The lowest BCUT2D eigenvalue weighted by atomic mass is 10.3. The number of hydrogen-bond acceptors (Lipinski definition) is 6. The quantitative estimate of drug-likeness (QED) is 0.817. The lowest BCUT2D eigenvalue weighted by Gasteiger charge is -2.31. The molecule has 9 heteroatoms. The Labute approximate surface area is 120 Å². The van der Waals surface area contributed by atoms with Gasteiger partial charge in [-0.1, -0.05) is 0 Å². The van der Waals surface area contributed by atoms with E-state index in [1.807, 2.05) is 0 Å². The molecule has 2 rings (SSSR count). The Bertz CT molecular complexity index is 608. The molecule has 7 nitrogen and oxygen atoms in total. The number of carbonyl (C=O) groups is 1. The molecule has 1 aliphatic heterocycles. The lowest BCUT2D eigenvalue weighted by Crippen LogP contribution is -2.47. The first kappa shape index (κ1) is 15.4. The molecule has 1 aromatic heterocycles. The van der Waals surface area contributed by atoms with Gasteiger partial charge >= 0.3 is 5.97 Å². The lowest BCUT2D eigenvalue weighted by molar-refractivity contribution is -0.0304. The van der Waals surface area contributed by atoms with E-state index < -0.39 is 22.1 Å². The van der Waals surface area contributed by atoms with E-state index >= 15 is 0 Å². The normalized spacial score (nSPS) is 21.0. The van der Waals surface area contributed by atoms with Gasteiger partial charge in [0, 0.05) is 13.1 Å². The SMILES string of the molecule is Cc1csc(C(=O)O)c1S(=O)(=O)N1CCOC(CO)C1. The third-order valence-electron chi connectivity index (χ3n) is 3.02. The number of rotatable bonds is 4. The molecular formula is C11H15NO6S2. The molecule has 1 fully saturated rings. The van der Waals surface area contributed by atoms with Crippen LogP contribution in [-0.2, 0) is 14.8 Å². The fraction of sp³-hybridized carbons (Fsp3) is 0.545. The Morgan fingerprint density at radius 2 is 2.30 bits per heavy atom. The van der Waals surface area contributed by atoms with Crippen LogP contribution >= 0.6 is 11.3 Å². The Morgan fingerprint density at radius 3 is 2.90 bits per heavy atom. The van der Waals surface area contributed by atoms with Gasteiger partial charge < -0.3 is 14.9 Å². The summed E-state index contributed by atoms with van der Waals surface area (Å²) in [5, 5.41) is 19.7. The molecule has 2 heterocycles. The summed E-state index contributed by atoms with van der Waals surface area (Å²) < 4.78 is 31.5. The van der Waals surface area contributed by atoms with E-state index in [1.165, 1.54) is 9.69 Å². The van der Waals surface area contributed by atoms with Crippen molar-refractivity contribution in [2.24, 2.45) is 0 Å². The van der Waals surface area contributed by atoms with Crippen LogP contribution in [-0.4, -0.2) is 61.3 Å². The highest BCUT2D eigenvalue weighted by Gasteiger charge is 2.35. The molecule has 1 aliphatic rings. The number of hydrogen-bond donors (Lipinski definition) is 2. The zero-order valence-corrected chi connectivity index (χ0v) is 12.4. The zero-order chi connectivity index (χ0) is 14.9. The number of ether oxygens (including phenoxy) is 1. The van der Waals surface area contributed by atoms with E-state index in [0.29, 0.717) is 5.56 Å². The second-order valence-corrected chi connectivity index (χ2v) is 7.17. The molecule has 0 aliphatic carbocycles. The van der Waals surface area contributed by atoms with E-state index in [1.54, 1.807) is 6.92 Å². The summed E-state index contributed by atoms with van der Waals surface area (Å²) in [4.78, 5) is 10.8. The van der Waals surface area contributed by atoms with Crippen molar-refractivity contribution in [2.75, 3.05) is 26.3 Å². The maximum absolute atomic E-state index is 12.6. The molecule has 20 heavy (non-hydrogen) atoms. The van der Waals surface area contributed by atoms with Gasteiger partial charge in [0.05, 0.1) is 19.3 Å². The summed E-state index contributed by atoms with van der Waals surface area (Å²) >= 11 is 0.896. The number of sulfonamides is 1. The number of aliphatic hydroxyl groups is 1. The van der Waals surface area contributed by atoms with Crippen molar-refractivity contribution in [1.82, 2.24) is 4.31 Å². The average Bonchev–Trinajstić information content (AvgIpc) is 2.81. The largest absolute Gasteiger partial charge is 0.477 e. The second-order valence-electron chi connectivity index (χ2n) is 4.42. The van der Waals surface area contributed by atoms with Crippen LogP contribution in [0.5, 0.6) is 0 Å². The smallest absolute Gasteiger partial charge is 0.347 e. The molecule has 0 radical (unpaired) electrons. The number of carboxylic acid groups (broad SMARTS) is 1. The Balaban J connectivity index is 2.40. The highest BCUT2D eigenvalue weighted by atomic mass is 32.2. The van der Waals surface area contributed by atoms with Crippen LogP contribution in [0.15, 0.2) is 10.3 Å². The van der Waals surface area contributed by atoms with Gasteiger partial charge in [-0.15, -0.1) is 11.3 Å². The first-order valence-corrected chi connectivity index (χ1v) is 8.24. The first-order chi connectivity index (χ1) is 9.37. The van der Waals surface area contributed by atoms with E-state index in [9.17, 15) is 13.2 Å². The van der Waals surface area contributed by atoms with Gasteiger partial charge in [-0.05, 0) is 17.9 Å². The molecule has 2 N–H and O–H groups in total. The van der Waals surface area contributed by atoms with Crippen LogP contribution in [0.1, 0.15) is 15.2 Å². The fourth-order valence-corrected chi connectivity index (χ4v) is 5.09. The highest BCUT2D eigenvalue weighted by Crippen LogP contribution is 2.30. The molecule has 0 bridgehead atoms. The van der Waals surface area contributed by atoms with Crippen molar-refractivity contribution in [1.29, 1.82) is 0 Å². The van der Waals surface area contributed by atoms with Crippen molar-refractivity contribution in [3.63, 3.8) is 0 Å². The third kappa shape index (κ3) is 2.72. The third-order valence-corrected chi connectivity index (χ3v) is 6.28. The predicted molar refractivity (Wildman–Crippen MR) is 71.6 cm³/mol. The summed E-state index contributed by atoms with van der Waals surface area (Å²) in [6.45, 7) is 1.64. The van der Waals surface area contributed by atoms with Crippen LogP contribution in [0.25, 0.3) is 0 Å². The van der Waals surface area contributed by atoms with Crippen molar-refractivity contribution < 1.29 is 28.2 Å². The van der Waals surface area contributed by atoms with Gasteiger partial charge in [0.15, 0.2) is 0 Å². The maximum Gasteiger partial charge on any atom is 0.347 e. The van der Waals surface area contributed by atoms with Crippen molar-refractivity contribution in [3.05, 3.63) is 15.8 Å². The second kappa shape index (κ2) is 5.78. The molecule has 1 aromatic rings. The summed E-state index contributed by atoms with van der Waals surface area (Å²) in [7, 11) is -3.90. The van der Waals surface area contributed by atoms with Gasteiger partial charge in [-0.2, -0.15) is 4.31 Å². The topological polar surface area (TPSA) is 104 Å². The fourth-order valence-electron chi connectivity index (χ4n) is 2.05. The number of aromatic carboxylic acids is 1. The average molecular weight is 321 g/mol. The number of carboxylic acids is 1. The number of aryl methyl sites for hydroxylation is 1. The van der Waals surface area contributed by atoms with E-state index in [0.717, 1.165) is 11.3 Å². The van der Waals surface area contributed by atoms with Crippen molar-refractivity contribution in [3.8, 4) is 0 Å². The van der Waals surface area contributed by atoms with Crippen LogP contribution in [0.4, 0.5) is 0 Å². The molecule has 1 atom stereocenters. The number of thiophene rings is 1. The number of nitrogens with zero attached hydrogens (tertiary/aromatic N) is 1. The minimum atomic E-state index is -3.90. The molecule has 1 saturated heterocycles. The van der Waals surface area contributed by atoms with Gasteiger partial charge in [0.2, 0.25) is 10.0 Å². The van der Waals surface area contributed by atoms with E-state index in [-0.39, 0.29) is 36.1 Å². The molecular weight excluding hydrogens is 306 g/mol. The molecule has 0 amide bonds. The van der Waals surface area contributed by atoms with E-state index in [4.69, 9.17) is 14.9 Å². The standard InChI is InChI=1S/C11H15NO6S2/c1-7-6-19-9(11(14)15)10(7)20(16,17)12-2-3-18-8(4-12)5-13/h6,8,13H,2-5H2,1H3,(H,14,15). The number of morpholine rings is 1. The summed E-state index contributed by atoms with van der Waals surface area (Å²) in [5.74, 6) is -1.26. The van der Waals surface area contributed by atoms with Crippen LogP contribution < -0.4 is 0 Å². The molecule has 112 valence electrons. The first-order valence-electron chi connectivity index (χ1n) is 5.92. The van der Waals surface area contributed by atoms with Crippen LogP contribution in [0.2, 0.25) is 0 Å². The van der Waals surface area contributed by atoms with Gasteiger partial charge in [0.25, 0.3) is 0 Å². The van der Waals surface area contributed by atoms with Gasteiger partial charge in [0.1, 0.15) is 9.77 Å². The minimum Gasteiger partial charge on any atom is -0.477 e. The van der Waals surface area contributed by atoms with Crippen molar-refractivity contribution >= 4 is 27.3 Å². The monoisotopic (exact) mass is 321 g/mol. The Kier molecular flexibility index (Phi) is 4.45. The molecule has 0 saturated carbocycles. The minimum absolute atomic E-state index is 0.0210. The summed E-state index contributed by atoms with van der Waals surface area (Å²) in [6, 6.07) is 0. The summed E-state index contributed by atoms with van der Waals surface area (Å²) in [6.07, 6.45) is -0.578. The van der Waals surface area contributed by atoms with Crippen LogP contribution in [0, 0.1) is 6.92 Å². The van der Waals surface area contributed by atoms with Crippen LogP contribution in [0.3, 0.4) is 0 Å². The molecule has 1 unspecified atom stereocenters. The number of aliphatic hydroxyl groups excluding tert-OH is 1. The Morgan fingerprint density at radius 1 is 1.60 bits per heavy atom. The maximum atomic E-state index is 12.6. The molecule has 0 aromatic carbocycles. The highest BCUT2D eigenvalue weighted by molar-refractivity contribution is 7.89. The molecule has 0 spiro atoms. The van der Waals surface area contributed by atoms with Crippen molar-refractivity contribution in [2.45, 2.75) is 17.9 Å². The van der Waals surface area contributed by atoms with E-state index in [2.05, 4.69) is 0 Å². The summed E-state index contributed by atoms with van der Waals surface area (Å²) in [5.41, 5.74) is 0.416. The Hall–Kier alpha value is -1.00. The van der Waals surface area contributed by atoms with Gasteiger partial charge in [-0.3, -0.25) is 0 Å². The predicted octanol–water partition coefficient (Wildman–Crippen LogP) is 0.137. The zero-order valence-electron chi connectivity index (χ0n) is 10.8.